The normalized spacial score (nSPS) is 23.6. The van der Waals surface area contributed by atoms with Gasteiger partial charge in [0.25, 0.3) is 0 Å². The lowest BCUT2D eigenvalue weighted by atomic mass is 9.97. The van der Waals surface area contributed by atoms with Gasteiger partial charge in [0.05, 0.1) is 7.11 Å². The maximum Gasteiger partial charge on any atom is 0.119 e. The molecule has 1 aliphatic heterocycles. The third-order valence-electron chi connectivity index (χ3n) is 3.81. The Hall–Kier alpha value is -1.06. The maximum atomic E-state index is 5.26. The lowest BCUT2D eigenvalue weighted by Crippen LogP contribution is -2.28. The fraction of sp³-hybridized carbons (Fsp3) is 0.600. The Morgan fingerprint density at radius 3 is 2.89 bits per heavy atom. The molecule has 0 amide bonds. The van der Waals surface area contributed by atoms with Gasteiger partial charge in [0, 0.05) is 13.1 Å². The van der Waals surface area contributed by atoms with Crippen LogP contribution in [0.25, 0.3) is 0 Å². The van der Waals surface area contributed by atoms with E-state index in [1.54, 1.807) is 7.11 Å². The van der Waals surface area contributed by atoms with Gasteiger partial charge in [-0.1, -0.05) is 19.1 Å². The van der Waals surface area contributed by atoms with Crippen LogP contribution in [0.4, 0.5) is 0 Å². The quantitative estimate of drug-likeness (QED) is 0.862. The van der Waals surface area contributed by atoms with Crippen molar-refractivity contribution >= 4 is 0 Å². The molecule has 3 nitrogen and oxygen atoms in total. The highest BCUT2D eigenvalue weighted by Gasteiger charge is 2.23. The van der Waals surface area contributed by atoms with Crippen molar-refractivity contribution in [2.75, 3.05) is 33.8 Å². The molecular formula is C15H24N2O. The number of benzene rings is 1. The van der Waals surface area contributed by atoms with Crippen LogP contribution in [0.15, 0.2) is 24.3 Å². The molecule has 1 N–H and O–H groups in total. The Labute approximate surface area is 110 Å². The molecule has 18 heavy (non-hydrogen) atoms. The van der Waals surface area contributed by atoms with E-state index in [2.05, 4.69) is 42.4 Å². The largest absolute Gasteiger partial charge is 0.497 e. The van der Waals surface area contributed by atoms with Crippen LogP contribution < -0.4 is 10.1 Å². The van der Waals surface area contributed by atoms with Crippen molar-refractivity contribution in [1.82, 2.24) is 10.2 Å². The smallest absolute Gasteiger partial charge is 0.119 e. The Bertz CT molecular complexity index is 381. The van der Waals surface area contributed by atoms with E-state index in [0.29, 0.717) is 0 Å². The Morgan fingerprint density at radius 2 is 2.22 bits per heavy atom. The number of nitrogens with one attached hydrogen (secondary N) is 1. The molecule has 0 aromatic heterocycles. The summed E-state index contributed by atoms with van der Waals surface area (Å²) >= 11 is 0. The number of nitrogens with zero attached hydrogens (tertiary/aromatic N) is 1. The summed E-state index contributed by atoms with van der Waals surface area (Å²) in [6, 6.07) is 8.33. The summed E-state index contributed by atoms with van der Waals surface area (Å²) in [5.41, 5.74) is 1.32. The molecule has 1 aromatic carbocycles. The predicted molar refractivity (Wildman–Crippen MR) is 74.9 cm³/mol. The van der Waals surface area contributed by atoms with Crippen LogP contribution in [0.1, 0.15) is 12.5 Å². The Balaban J connectivity index is 1.88. The van der Waals surface area contributed by atoms with Gasteiger partial charge in [-0.2, -0.15) is 0 Å². The Kier molecular flexibility index (Phi) is 4.61. The van der Waals surface area contributed by atoms with Crippen molar-refractivity contribution in [1.29, 1.82) is 0 Å². The molecule has 0 saturated carbocycles. The summed E-state index contributed by atoms with van der Waals surface area (Å²) in [6.07, 6.45) is 0. The monoisotopic (exact) mass is 248 g/mol. The summed E-state index contributed by atoms with van der Waals surface area (Å²) in [7, 11) is 3.92. The minimum Gasteiger partial charge on any atom is -0.497 e. The SMILES string of the molecule is COc1cccc(CN(C)C[C@@H]2CNC[C@H]2C)c1. The fourth-order valence-electron chi connectivity index (χ4n) is 2.66. The van der Waals surface area contributed by atoms with E-state index in [-0.39, 0.29) is 0 Å². The summed E-state index contributed by atoms with van der Waals surface area (Å²) in [4.78, 5) is 2.41. The van der Waals surface area contributed by atoms with Gasteiger partial charge >= 0.3 is 0 Å². The number of hydrogen-bond acceptors (Lipinski definition) is 3. The van der Waals surface area contributed by atoms with Gasteiger partial charge in [0.1, 0.15) is 5.75 Å². The van der Waals surface area contributed by atoms with Crippen LogP contribution >= 0.6 is 0 Å². The van der Waals surface area contributed by atoms with Crippen LogP contribution in [0, 0.1) is 11.8 Å². The second-order valence-corrected chi connectivity index (χ2v) is 5.44. The van der Waals surface area contributed by atoms with E-state index in [1.165, 1.54) is 5.56 Å². The first-order chi connectivity index (χ1) is 8.69. The molecule has 2 atom stereocenters. The van der Waals surface area contributed by atoms with Crippen LogP contribution in [-0.4, -0.2) is 38.7 Å². The van der Waals surface area contributed by atoms with Crippen molar-refractivity contribution < 1.29 is 4.74 Å². The van der Waals surface area contributed by atoms with E-state index >= 15 is 0 Å². The predicted octanol–water partition coefficient (Wildman–Crippen LogP) is 1.98. The summed E-state index contributed by atoms with van der Waals surface area (Å²) in [6.45, 7) is 6.80. The van der Waals surface area contributed by atoms with E-state index in [1.807, 2.05) is 6.07 Å². The van der Waals surface area contributed by atoms with Crippen molar-refractivity contribution in [3.63, 3.8) is 0 Å². The number of hydrogen-bond donors (Lipinski definition) is 1. The second kappa shape index (κ2) is 6.21. The van der Waals surface area contributed by atoms with Crippen molar-refractivity contribution in [3.05, 3.63) is 29.8 Å². The summed E-state index contributed by atoms with van der Waals surface area (Å²) < 4.78 is 5.26. The van der Waals surface area contributed by atoms with Gasteiger partial charge in [-0.25, -0.2) is 0 Å². The summed E-state index contributed by atoms with van der Waals surface area (Å²) in [5, 5.41) is 3.46. The molecule has 0 unspecified atom stereocenters. The molecule has 0 radical (unpaired) electrons. The fourth-order valence-corrected chi connectivity index (χ4v) is 2.66. The standard InChI is InChI=1S/C15H24N2O/c1-12-8-16-9-14(12)11-17(2)10-13-5-4-6-15(7-13)18-3/h4-7,12,14,16H,8-11H2,1-3H3/t12-,14+/m1/s1. The van der Waals surface area contributed by atoms with Gasteiger partial charge < -0.3 is 15.0 Å². The first-order valence-electron chi connectivity index (χ1n) is 6.71. The highest BCUT2D eigenvalue weighted by molar-refractivity contribution is 5.28. The van der Waals surface area contributed by atoms with Crippen LogP contribution in [0.3, 0.4) is 0 Å². The minimum atomic E-state index is 0.778. The molecule has 1 fully saturated rings. The molecule has 100 valence electrons. The highest BCUT2D eigenvalue weighted by Crippen LogP contribution is 2.18. The molecule has 0 aliphatic carbocycles. The molecule has 1 aromatic rings. The number of methoxy groups -OCH3 is 1. The Morgan fingerprint density at radius 1 is 1.39 bits per heavy atom. The zero-order chi connectivity index (χ0) is 13.0. The number of ether oxygens (including phenoxy) is 1. The van der Waals surface area contributed by atoms with Gasteiger partial charge in [-0.15, -0.1) is 0 Å². The average Bonchev–Trinajstić information content (AvgIpc) is 2.75. The highest BCUT2D eigenvalue weighted by atomic mass is 16.5. The molecule has 0 spiro atoms. The van der Waals surface area contributed by atoms with Crippen LogP contribution in [0.5, 0.6) is 5.75 Å². The third kappa shape index (κ3) is 3.47. The van der Waals surface area contributed by atoms with E-state index in [4.69, 9.17) is 4.74 Å². The van der Waals surface area contributed by atoms with Crippen LogP contribution in [-0.2, 0) is 6.54 Å². The lowest BCUT2D eigenvalue weighted by Gasteiger charge is -2.23. The minimum absolute atomic E-state index is 0.778. The number of rotatable bonds is 5. The molecule has 1 saturated heterocycles. The first kappa shape index (κ1) is 13.4. The zero-order valence-electron chi connectivity index (χ0n) is 11.6. The van der Waals surface area contributed by atoms with Gasteiger partial charge in [0.15, 0.2) is 0 Å². The molecule has 3 heteroatoms. The topological polar surface area (TPSA) is 24.5 Å². The third-order valence-corrected chi connectivity index (χ3v) is 3.81. The van der Waals surface area contributed by atoms with Crippen molar-refractivity contribution in [3.8, 4) is 5.75 Å². The molecule has 2 rings (SSSR count). The second-order valence-electron chi connectivity index (χ2n) is 5.44. The summed E-state index contributed by atoms with van der Waals surface area (Å²) in [5.74, 6) is 2.51. The maximum absolute atomic E-state index is 5.26. The molecule has 1 aliphatic rings. The van der Waals surface area contributed by atoms with E-state index in [0.717, 1.165) is 43.8 Å². The first-order valence-corrected chi connectivity index (χ1v) is 6.71. The van der Waals surface area contributed by atoms with Crippen molar-refractivity contribution in [2.24, 2.45) is 11.8 Å². The van der Waals surface area contributed by atoms with Gasteiger partial charge in [-0.3, -0.25) is 0 Å². The van der Waals surface area contributed by atoms with Gasteiger partial charge in [0.2, 0.25) is 0 Å². The molecule has 1 heterocycles. The molecular weight excluding hydrogens is 224 g/mol. The van der Waals surface area contributed by atoms with E-state index in [9.17, 15) is 0 Å². The van der Waals surface area contributed by atoms with Gasteiger partial charge in [-0.05, 0) is 49.7 Å². The molecule has 0 bridgehead atoms. The van der Waals surface area contributed by atoms with E-state index < -0.39 is 0 Å². The van der Waals surface area contributed by atoms with Crippen molar-refractivity contribution in [2.45, 2.75) is 13.5 Å². The average molecular weight is 248 g/mol. The lowest BCUT2D eigenvalue weighted by molar-refractivity contribution is 0.252. The zero-order valence-corrected chi connectivity index (χ0v) is 11.6. The van der Waals surface area contributed by atoms with Crippen LogP contribution in [0.2, 0.25) is 0 Å².